The molecular formula is C20H28N4. The Bertz CT molecular complexity index is 777. The molecule has 1 aliphatic carbocycles. The van der Waals surface area contributed by atoms with E-state index in [0.717, 1.165) is 30.9 Å². The first-order chi connectivity index (χ1) is 11.5. The number of nitrogens with zero attached hydrogens (tertiary/aromatic N) is 4. The molecule has 0 bridgehead atoms. The van der Waals surface area contributed by atoms with Gasteiger partial charge in [0.15, 0.2) is 0 Å². The zero-order chi connectivity index (χ0) is 17.4. The molecule has 0 N–H and O–H groups in total. The predicted octanol–water partition coefficient (Wildman–Crippen LogP) is 4.18. The Morgan fingerprint density at radius 2 is 1.54 bits per heavy atom. The van der Waals surface area contributed by atoms with E-state index in [1.165, 1.54) is 27.9 Å². The lowest BCUT2D eigenvalue weighted by Crippen LogP contribution is -2.34. The topological polar surface area (TPSA) is 34.0 Å². The molecule has 1 unspecified atom stereocenters. The molecule has 0 saturated heterocycles. The van der Waals surface area contributed by atoms with Crippen LogP contribution in [0, 0.1) is 27.7 Å². The summed E-state index contributed by atoms with van der Waals surface area (Å²) >= 11 is 0. The number of aromatic nitrogens is 3. The summed E-state index contributed by atoms with van der Waals surface area (Å²) in [5.74, 6) is 0. The van der Waals surface area contributed by atoms with Crippen molar-refractivity contribution in [1.82, 2.24) is 19.7 Å². The molecule has 4 heteroatoms. The third kappa shape index (κ3) is 2.59. The fraction of sp³-hybridized carbons (Fsp3) is 0.500. The van der Waals surface area contributed by atoms with Gasteiger partial charge in [-0.2, -0.15) is 10.2 Å². The number of likely N-dealkylation sites (N-methyl/N-ethyl adjacent to an activating group) is 1. The molecule has 4 nitrogen and oxygen atoms in total. The van der Waals surface area contributed by atoms with Crippen LogP contribution in [0.4, 0.5) is 0 Å². The summed E-state index contributed by atoms with van der Waals surface area (Å²) in [5, 5.41) is 11.1. The molecule has 2 aromatic heterocycles. The van der Waals surface area contributed by atoms with Gasteiger partial charge in [0, 0.05) is 33.9 Å². The van der Waals surface area contributed by atoms with Gasteiger partial charge >= 0.3 is 0 Å². The quantitative estimate of drug-likeness (QED) is 0.846. The Morgan fingerprint density at radius 3 is 1.96 bits per heavy atom. The molecule has 24 heavy (non-hydrogen) atoms. The average molecular weight is 324 g/mol. The van der Waals surface area contributed by atoms with Crippen LogP contribution in [0.25, 0.3) is 16.5 Å². The maximum absolute atomic E-state index is 4.32. The van der Waals surface area contributed by atoms with Gasteiger partial charge in [0.2, 0.25) is 0 Å². The van der Waals surface area contributed by atoms with E-state index in [2.05, 4.69) is 65.6 Å². The molecule has 0 radical (unpaired) electrons. The monoisotopic (exact) mass is 324 g/mol. The Morgan fingerprint density at radius 1 is 1.00 bits per heavy atom. The second-order valence-corrected chi connectivity index (χ2v) is 6.64. The first kappa shape index (κ1) is 16.9. The van der Waals surface area contributed by atoms with Crippen LogP contribution in [0.15, 0.2) is 18.2 Å². The standard InChI is InChI=1S/C20H28N4/c1-7-23(8-2)17-9-11-18(12-10-17)24-15(5)19-13(3)21-22-14(4)20(19)16(24)6/h9,11-12,17H,7-8,10H2,1-6H3. The molecule has 2 aromatic rings. The van der Waals surface area contributed by atoms with Crippen molar-refractivity contribution in [2.75, 3.05) is 13.1 Å². The van der Waals surface area contributed by atoms with E-state index < -0.39 is 0 Å². The first-order valence-electron chi connectivity index (χ1n) is 8.93. The van der Waals surface area contributed by atoms with Gasteiger partial charge < -0.3 is 4.57 Å². The zero-order valence-corrected chi connectivity index (χ0v) is 15.7. The van der Waals surface area contributed by atoms with Crippen molar-refractivity contribution >= 4 is 16.5 Å². The second kappa shape index (κ2) is 6.52. The zero-order valence-electron chi connectivity index (χ0n) is 15.7. The molecule has 0 spiro atoms. The van der Waals surface area contributed by atoms with Gasteiger partial charge in [-0.15, -0.1) is 0 Å². The van der Waals surface area contributed by atoms with E-state index in [0.29, 0.717) is 6.04 Å². The number of aryl methyl sites for hydroxylation is 4. The summed E-state index contributed by atoms with van der Waals surface area (Å²) in [6.45, 7) is 15.1. The van der Waals surface area contributed by atoms with Gasteiger partial charge in [0.1, 0.15) is 0 Å². The summed E-state index contributed by atoms with van der Waals surface area (Å²) in [5.41, 5.74) is 5.81. The highest BCUT2D eigenvalue weighted by molar-refractivity contribution is 5.93. The number of fused-ring (bicyclic) bond motifs is 1. The summed E-state index contributed by atoms with van der Waals surface area (Å²) in [6.07, 6.45) is 8.06. The van der Waals surface area contributed by atoms with E-state index in [4.69, 9.17) is 0 Å². The van der Waals surface area contributed by atoms with Crippen LogP contribution >= 0.6 is 0 Å². The highest BCUT2D eigenvalue weighted by Crippen LogP contribution is 2.32. The van der Waals surface area contributed by atoms with Crippen molar-refractivity contribution < 1.29 is 0 Å². The highest BCUT2D eigenvalue weighted by Gasteiger charge is 2.20. The predicted molar refractivity (Wildman–Crippen MR) is 101 cm³/mol. The van der Waals surface area contributed by atoms with Crippen LogP contribution in [-0.4, -0.2) is 38.8 Å². The molecule has 3 rings (SSSR count). The Labute approximate surface area is 144 Å². The number of hydrogen-bond acceptors (Lipinski definition) is 3. The van der Waals surface area contributed by atoms with E-state index in [-0.39, 0.29) is 0 Å². The Balaban J connectivity index is 2.05. The van der Waals surface area contributed by atoms with E-state index in [1.54, 1.807) is 0 Å². The molecule has 1 aliphatic rings. The smallest absolute Gasteiger partial charge is 0.0696 e. The third-order valence-corrected chi connectivity index (χ3v) is 5.32. The molecule has 0 aliphatic heterocycles. The van der Waals surface area contributed by atoms with Gasteiger partial charge in [0.25, 0.3) is 0 Å². The molecule has 0 aromatic carbocycles. The minimum atomic E-state index is 0.515. The maximum atomic E-state index is 4.32. The molecule has 128 valence electrons. The summed E-state index contributed by atoms with van der Waals surface area (Å²) < 4.78 is 2.36. The summed E-state index contributed by atoms with van der Waals surface area (Å²) in [6, 6.07) is 0.515. The van der Waals surface area contributed by atoms with Crippen molar-refractivity contribution in [2.24, 2.45) is 0 Å². The van der Waals surface area contributed by atoms with E-state index in [9.17, 15) is 0 Å². The molecule has 0 amide bonds. The maximum Gasteiger partial charge on any atom is 0.0696 e. The normalized spacial score (nSPS) is 17.8. The van der Waals surface area contributed by atoms with Gasteiger partial charge in [-0.1, -0.05) is 26.0 Å². The SMILES string of the molecule is CCN(CC)C1C=CC(n2c(C)c3c(C)nnc(C)c3c2C)=CC1. The van der Waals surface area contributed by atoms with Gasteiger partial charge in [-0.3, -0.25) is 4.90 Å². The summed E-state index contributed by atoms with van der Waals surface area (Å²) in [4.78, 5) is 2.50. The lowest BCUT2D eigenvalue weighted by Gasteiger charge is -2.29. The van der Waals surface area contributed by atoms with Crippen molar-refractivity contribution in [2.45, 2.75) is 54.0 Å². The average Bonchev–Trinajstić information content (AvgIpc) is 2.85. The van der Waals surface area contributed by atoms with Crippen molar-refractivity contribution in [3.63, 3.8) is 0 Å². The Hall–Kier alpha value is -1.94. The Kier molecular flexibility index (Phi) is 4.59. The van der Waals surface area contributed by atoms with Crippen molar-refractivity contribution in [3.8, 4) is 0 Å². The fourth-order valence-electron chi connectivity index (χ4n) is 4.09. The van der Waals surface area contributed by atoms with Crippen LogP contribution in [0.3, 0.4) is 0 Å². The van der Waals surface area contributed by atoms with Crippen LogP contribution in [0.2, 0.25) is 0 Å². The van der Waals surface area contributed by atoms with E-state index >= 15 is 0 Å². The minimum absolute atomic E-state index is 0.515. The molecule has 1 atom stereocenters. The number of hydrogen-bond donors (Lipinski definition) is 0. The third-order valence-electron chi connectivity index (χ3n) is 5.32. The molecule has 2 heterocycles. The molecule has 0 fully saturated rings. The van der Waals surface area contributed by atoms with Crippen LogP contribution < -0.4 is 0 Å². The number of allylic oxidation sites excluding steroid dienone is 2. The largest absolute Gasteiger partial charge is 0.317 e. The second-order valence-electron chi connectivity index (χ2n) is 6.64. The first-order valence-corrected chi connectivity index (χ1v) is 8.93. The molecular weight excluding hydrogens is 296 g/mol. The fourth-order valence-corrected chi connectivity index (χ4v) is 4.09. The summed E-state index contributed by atoms with van der Waals surface area (Å²) in [7, 11) is 0. The lowest BCUT2D eigenvalue weighted by molar-refractivity contribution is 0.254. The minimum Gasteiger partial charge on any atom is -0.317 e. The van der Waals surface area contributed by atoms with E-state index in [1.807, 2.05) is 13.8 Å². The number of rotatable bonds is 4. The lowest BCUT2D eigenvalue weighted by atomic mass is 10.0. The van der Waals surface area contributed by atoms with Crippen molar-refractivity contribution in [1.29, 1.82) is 0 Å². The van der Waals surface area contributed by atoms with Gasteiger partial charge in [0.05, 0.1) is 11.4 Å². The van der Waals surface area contributed by atoms with Gasteiger partial charge in [-0.25, -0.2) is 0 Å². The van der Waals surface area contributed by atoms with Crippen LogP contribution in [0.5, 0.6) is 0 Å². The van der Waals surface area contributed by atoms with Crippen LogP contribution in [0.1, 0.15) is 43.0 Å². The highest BCUT2D eigenvalue weighted by atomic mass is 15.1. The van der Waals surface area contributed by atoms with Crippen LogP contribution in [-0.2, 0) is 0 Å². The van der Waals surface area contributed by atoms with Crippen molar-refractivity contribution in [3.05, 3.63) is 41.0 Å². The van der Waals surface area contributed by atoms with Gasteiger partial charge in [-0.05, 0) is 53.3 Å². The molecule has 0 saturated carbocycles.